The van der Waals surface area contributed by atoms with E-state index in [9.17, 15) is 9.59 Å². The van der Waals surface area contributed by atoms with Crippen LogP contribution in [0, 0.1) is 20.8 Å². The summed E-state index contributed by atoms with van der Waals surface area (Å²) in [7, 11) is 0. The number of amides is 2. The van der Waals surface area contributed by atoms with Gasteiger partial charge in [0.15, 0.2) is 5.82 Å². The molecule has 4 rings (SSSR count). The molecular formula is C23H23N5O2S. The number of rotatable bonds is 5. The number of anilines is 1. The number of benzene rings is 2. The second-order valence-corrected chi connectivity index (χ2v) is 8.24. The molecule has 0 unspecified atom stereocenters. The van der Waals surface area contributed by atoms with E-state index in [0.29, 0.717) is 24.5 Å². The van der Waals surface area contributed by atoms with Gasteiger partial charge in [-0.3, -0.25) is 9.59 Å². The third-order valence-electron chi connectivity index (χ3n) is 5.13. The maximum Gasteiger partial charge on any atom is 0.313 e. The van der Waals surface area contributed by atoms with E-state index in [1.54, 1.807) is 4.52 Å². The smallest absolute Gasteiger partial charge is 0.313 e. The van der Waals surface area contributed by atoms with E-state index in [4.69, 9.17) is 0 Å². The van der Waals surface area contributed by atoms with Crippen molar-refractivity contribution in [3.63, 3.8) is 0 Å². The molecule has 0 radical (unpaired) electrons. The Morgan fingerprint density at radius 2 is 1.68 bits per heavy atom. The normalized spacial score (nSPS) is 10.9. The first-order valence-corrected chi connectivity index (χ1v) is 10.9. The number of aryl methyl sites for hydroxylation is 3. The van der Waals surface area contributed by atoms with Gasteiger partial charge in [-0.15, -0.1) is 16.4 Å². The van der Waals surface area contributed by atoms with E-state index in [1.807, 2.05) is 68.6 Å². The summed E-state index contributed by atoms with van der Waals surface area (Å²) >= 11 is 1.50. The fraction of sp³-hybridized carbons (Fsp3) is 0.217. The Kier molecular flexibility index (Phi) is 5.81. The molecule has 0 aliphatic heterocycles. The van der Waals surface area contributed by atoms with Gasteiger partial charge in [-0.05, 0) is 37.5 Å². The lowest BCUT2D eigenvalue weighted by Crippen LogP contribution is -2.36. The molecule has 0 bridgehead atoms. The Labute approximate surface area is 184 Å². The van der Waals surface area contributed by atoms with Crippen molar-refractivity contribution < 1.29 is 9.59 Å². The summed E-state index contributed by atoms with van der Waals surface area (Å²) in [6.45, 7) is 6.14. The van der Waals surface area contributed by atoms with Crippen LogP contribution in [0.5, 0.6) is 0 Å². The number of fused-ring (bicyclic) bond motifs is 1. The van der Waals surface area contributed by atoms with Crippen molar-refractivity contribution in [2.24, 2.45) is 0 Å². The maximum atomic E-state index is 12.3. The Balaban J connectivity index is 1.39. The average Bonchev–Trinajstić information content (AvgIpc) is 3.32. The number of nitrogens with one attached hydrogen (secondary N) is 2. The lowest BCUT2D eigenvalue weighted by atomic mass is 10.1. The monoisotopic (exact) mass is 433 g/mol. The van der Waals surface area contributed by atoms with Gasteiger partial charge in [-0.1, -0.05) is 42.5 Å². The molecule has 0 atom stereocenters. The Hall–Kier alpha value is -3.52. The Morgan fingerprint density at radius 1 is 0.968 bits per heavy atom. The van der Waals surface area contributed by atoms with Crippen LogP contribution in [0.25, 0.3) is 16.3 Å². The molecule has 8 heteroatoms. The minimum Gasteiger partial charge on any atom is -0.347 e. The van der Waals surface area contributed by atoms with Crippen LogP contribution in [-0.4, -0.2) is 33.0 Å². The minimum absolute atomic E-state index is 0.324. The maximum absolute atomic E-state index is 12.3. The number of carbonyl (C=O) groups is 2. The highest BCUT2D eigenvalue weighted by atomic mass is 32.1. The average molecular weight is 434 g/mol. The molecule has 0 saturated heterocycles. The van der Waals surface area contributed by atoms with Crippen LogP contribution in [0.4, 0.5) is 5.69 Å². The van der Waals surface area contributed by atoms with Gasteiger partial charge >= 0.3 is 11.8 Å². The number of thiazole rings is 1. The number of carbonyl (C=O) groups excluding carboxylic acids is 2. The zero-order valence-corrected chi connectivity index (χ0v) is 18.4. The second kappa shape index (κ2) is 8.69. The van der Waals surface area contributed by atoms with E-state index in [-0.39, 0.29) is 0 Å². The van der Waals surface area contributed by atoms with Crippen molar-refractivity contribution in [1.29, 1.82) is 0 Å². The molecule has 0 spiro atoms. The molecular weight excluding hydrogens is 410 g/mol. The molecule has 158 valence electrons. The van der Waals surface area contributed by atoms with Gasteiger partial charge < -0.3 is 10.6 Å². The van der Waals surface area contributed by atoms with Crippen LogP contribution in [0.1, 0.15) is 22.4 Å². The molecule has 0 aliphatic carbocycles. The van der Waals surface area contributed by atoms with Crippen LogP contribution >= 0.6 is 11.3 Å². The zero-order valence-electron chi connectivity index (χ0n) is 17.6. The quantitative estimate of drug-likeness (QED) is 0.470. The third-order valence-corrected chi connectivity index (χ3v) is 5.99. The highest BCUT2D eigenvalue weighted by Gasteiger charge is 2.17. The molecule has 2 N–H and O–H groups in total. The van der Waals surface area contributed by atoms with E-state index in [2.05, 4.69) is 20.7 Å². The molecule has 2 aromatic carbocycles. The first-order valence-electron chi connectivity index (χ1n) is 9.98. The number of hydrogen-bond acceptors (Lipinski definition) is 5. The van der Waals surface area contributed by atoms with Gasteiger partial charge in [0.25, 0.3) is 0 Å². The predicted octanol–water partition coefficient (Wildman–Crippen LogP) is 3.68. The molecule has 4 aromatic rings. The molecule has 2 amide bonds. The Morgan fingerprint density at radius 3 is 2.42 bits per heavy atom. The summed E-state index contributed by atoms with van der Waals surface area (Å²) in [6, 6.07) is 13.7. The first-order chi connectivity index (χ1) is 14.9. The van der Waals surface area contributed by atoms with Gasteiger partial charge in [0.05, 0.1) is 5.69 Å². The van der Waals surface area contributed by atoms with Gasteiger partial charge in [-0.2, -0.15) is 4.98 Å². The van der Waals surface area contributed by atoms with E-state index < -0.39 is 11.8 Å². The fourth-order valence-electron chi connectivity index (χ4n) is 3.40. The standard InChI is InChI=1S/C23H23N5O2S/c1-14-7-4-5-10-18(14)20-26-23-28(27-20)17(13-31-23)11-12-24-21(29)22(30)25-19-15(2)8-6-9-16(19)3/h4-10,13H,11-12H2,1-3H3,(H,24,29)(H,25,30). The molecule has 2 heterocycles. The van der Waals surface area contributed by atoms with Gasteiger partial charge in [0.1, 0.15) is 0 Å². The Bertz CT molecular complexity index is 1250. The summed E-state index contributed by atoms with van der Waals surface area (Å²) in [5.41, 5.74) is 5.55. The van der Waals surface area contributed by atoms with Crippen molar-refractivity contribution in [3.05, 3.63) is 70.2 Å². The molecule has 31 heavy (non-hydrogen) atoms. The highest BCUT2D eigenvalue weighted by Crippen LogP contribution is 2.23. The first kappa shape index (κ1) is 20.7. The summed E-state index contributed by atoms with van der Waals surface area (Å²) in [4.78, 5) is 29.9. The van der Waals surface area contributed by atoms with Gasteiger partial charge in [0.2, 0.25) is 4.96 Å². The van der Waals surface area contributed by atoms with Crippen molar-refractivity contribution >= 4 is 33.8 Å². The largest absolute Gasteiger partial charge is 0.347 e. The molecule has 0 aliphatic rings. The van der Waals surface area contributed by atoms with Crippen LogP contribution < -0.4 is 10.6 Å². The summed E-state index contributed by atoms with van der Waals surface area (Å²) in [6.07, 6.45) is 0.541. The zero-order chi connectivity index (χ0) is 22.0. The van der Waals surface area contributed by atoms with Gasteiger partial charge in [0, 0.05) is 29.6 Å². The number of aromatic nitrogens is 3. The fourth-order valence-corrected chi connectivity index (χ4v) is 4.26. The van der Waals surface area contributed by atoms with E-state index in [0.717, 1.165) is 32.9 Å². The van der Waals surface area contributed by atoms with Crippen molar-refractivity contribution in [2.45, 2.75) is 27.2 Å². The second-order valence-electron chi connectivity index (χ2n) is 7.40. The topological polar surface area (TPSA) is 88.4 Å². The third kappa shape index (κ3) is 4.34. The van der Waals surface area contributed by atoms with E-state index in [1.165, 1.54) is 11.3 Å². The van der Waals surface area contributed by atoms with Gasteiger partial charge in [-0.25, -0.2) is 4.52 Å². The summed E-state index contributed by atoms with van der Waals surface area (Å²) < 4.78 is 1.80. The number of para-hydroxylation sites is 1. The summed E-state index contributed by atoms with van der Waals surface area (Å²) in [5, 5.41) is 12.0. The lowest BCUT2D eigenvalue weighted by Gasteiger charge is -2.11. The summed E-state index contributed by atoms with van der Waals surface area (Å²) in [5.74, 6) is -0.646. The van der Waals surface area contributed by atoms with E-state index >= 15 is 0 Å². The number of nitrogens with zero attached hydrogens (tertiary/aromatic N) is 3. The van der Waals surface area contributed by atoms with Crippen LogP contribution in [0.2, 0.25) is 0 Å². The SMILES string of the molecule is Cc1ccccc1-c1nc2scc(CCNC(=O)C(=O)Nc3c(C)cccc3C)n2n1. The predicted molar refractivity (Wildman–Crippen MR) is 122 cm³/mol. The minimum atomic E-state index is -0.671. The lowest BCUT2D eigenvalue weighted by molar-refractivity contribution is -0.136. The van der Waals surface area contributed by atoms with Crippen molar-refractivity contribution in [1.82, 2.24) is 19.9 Å². The molecule has 7 nitrogen and oxygen atoms in total. The van der Waals surface area contributed by atoms with Crippen LogP contribution in [0.15, 0.2) is 47.8 Å². The van der Waals surface area contributed by atoms with Crippen molar-refractivity contribution in [3.8, 4) is 11.4 Å². The molecule has 0 saturated carbocycles. The molecule has 2 aromatic heterocycles. The number of hydrogen-bond donors (Lipinski definition) is 2. The highest BCUT2D eigenvalue weighted by molar-refractivity contribution is 7.15. The molecule has 0 fully saturated rings. The van der Waals surface area contributed by atoms with Crippen LogP contribution in [-0.2, 0) is 16.0 Å². The van der Waals surface area contributed by atoms with Crippen molar-refractivity contribution in [2.75, 3.05) is 11.9 Å². The van der Waals surface area contributed by atoms with Crippen LogP contribution in [0.3, 0.4) is 0 Å².